The Kier molecular flexibility index (Phi) is 3.90. The predicted molar refractivity (Wildman–Crippen MR) is 84.5 cm³/mol. The Balaban J connectivity index is 1.79. The van der Waals surface area contributed by atoms with Crippen LogP contribution >= 0.6 is 0 Å². The molecule has 0 saturated heterocycles. The minimum absolute atomic E-state index is 0.159. The highest BCUT2D eigenvalue weighted by molar-refractivity contribution is 5.36. The lowest BCUT2D eigenvalue weighted by Crippen LogP contribution is -2.27. The molecule has 3 fully saturated rings. The molecule has 0 spiro atoms. The maximum Gasteiger partial charge on any atom is 0.0583 e. The summed E-state index contributed by atoms with van der Waals surface area (Å²) in [5.41, 5.74) is 4.75. The zero-order valence-electron chi connectivity index (χ0n) is 12.8. The number of hydrogen-bond donors (Lipinski definition) is 1. The van der Waals surface area contributed by atoms with Crippen LogP contribution in [0.25, 0.3) is 0 Å². The molecule has 0 unspecified atom stereocenters. The van der Waals surface area contributed by atoms with E-state index in [1.807, 2.05) is 0 Å². The fourth-order valence-corrected chi connectivity index (χ4v) is 4.63. The van der Waals surface area contributed by atoms with Gasteiger partial charge in [0.1, 0.15) is 0 Å². The predicted octanol–water partition coefficient (Wildman–Crippen LogP) is 4.93. The van der Waals surface area contributed by atoms with Crippen molar-refractivity contribution in [2.45, 2.75) is 70.8 Å². The van der Waals surface area contributed by atoms with Crippen molar-refractivity contribution in [1.82, 2.24) is 0 Å². The van der Waals surface area contributed by atoms with Crippen LogP contribution in [0.1, 0.15) is 64.7 Å². The largest absolute Gasteiger partial charge is 0.393 e. The van der Waals surface area contributed by atoms with Crippen molar-refractivity contribution in [1.29, 1.82) is 0 Å². The van der Waals surface area contributed by atoms with E-state index in [-0.39, 0.29) is 6.10 Å². The molecule has 0 amide bonds. The number of aliphatic hydroxyl groups excluding tert-OH is 1. The SMILES string of the molecule is C=C1CC[C@@H](O)C/C1=C/C=C1\CCC[C@]2(C)CCC[C@@H]12. The Hall–Kier alpha value is -0.820. The molecule has 0 aromatic rings. The molecule has 0 aromatic heterocycles. The quantitative estimate of drug-likeness (QED) is 0.717. The molecule has 0 heterocycles. The normalized spacial score (nSPS) is 42.2. The molecular weight excluding hydrogens is 244 g/mol. The van der Waals surface area contributed by atoms with Gasteiger partial charge in [-0.25, -0.2) is 0 Å². The van der Waals surface area contributed by atoms with E-state index in [2.05, 4.69) is 25.7 Å². The summed E-state index contributed by atoms with van der Waals surface area (Å²) >= 11 is 0. The third-order valence-corrected chi connectivity index (χ3v) is 5.93. The van der Waals surface area contributed by atoms with Gasteiger partial charge in [-0.3, -0.25) is 0 Å². The van der Waals surface area contributed by atoms with E-state index in [4.69, 9.17) is 0 Å². The van der Waals surface area contributed by atoms with Gasteiger partial charge in [0, 0.05) is 0 Å². The average molecular weight is 272 g/mol. The molecule has 3 rings (SSSR count). The number of rotatable bonds is 1. The zero-order valence-corrected chi connectivity index (χ0v) is 12.8. The first-order chi connectivity index (χ1) is 9.58. The van der Waals surface area contributed by atoms with E-state index in [9.17, 15) is 5.11 Å². The van der Waals surface area contributed by atoms with Crippen LogP contribution in [0.15, 0.2) is 35.5 Å². The smallest absolute Gasteiger partial charge is 0.0583 e. The molecule has 20 heavy (non-hydrogen) atoms. The van der Waals surface area contributed by atoms with Crippen LogP contribution in [0.3, 0.4) is 0 Å². The van der Waals surface area contributed by atoms with Crippen LogP contribution in [-0.2, 0) is 0 Å². The van der Waals surface area contributed by atoms with E-state index < -0.39 is 0 Å². The summed E-state index contributed by atoms with van der Waals surface area (Å²) in [7, 11) is 0. The number of hydrogen-bond acceptors (Lipinski definition) is 1. The van der Waals surface area contributed by atoms with Crippen molar-refractivity contribution >= 4 is 0 Å². The van der Waals surface area contributed by atoms with E-state index in [1.165, 1.54) is 49.7 Å². The summed E-state index contributed by atoms with van der Waals surface area (Å²) in [4.78, 5) is 0. The van der Waals surface area contributed by atoms with Gasteiger partial charge in [0.15, 0.2) is 0 Å². The van der Waals surface area contributed by atoms with E-state index in [0.717, 1.165) is 25.2 Å². The molecule has 3 aliphatic carbocycles. The van der Waals surface area contributed by atoms with Crippen molar-refractivity contribution in [2.24, 2.45) is 11.3 Å². The fraction of sp³-hybridized carbons (Fsp3) is 0.684. The second-order valence-corrected chi connectivity index (χ2v) is 7.39. The first kappa shape index (κ1) is 14.1. The first-order valence-electron chi connectivity index (χ1n) is 8.34. The molecule has 0 aromatic carbocycles. The minimum Gasteiger partial charge on any atom is -0.393 e. The highest BCUT2D eigenvalue weighted by atomic mass is 16.3. The molecule has 1 heteroatoms. The van der Waals surface area contributed by atoms with Crippen LogP contribution in [0.2, 0.25) is 0 Å². The van der Waals surface area contributed by atoms with E-state index in [1.54, 1.807) is 5.57 Å². The van der Waals surface area contributed by atoms with Crippen molar-refractivity contribution < 1.29 is 5.11 Å². The molecular formula is C19H28O. The molecule has 0 radical (unpaired) electrons. The number of fused-ring (bicyclic) bond motifs is 1. The lowest BCUT2D eigenvalue weighted by atomic mass is 9.67. The van der Waals surface area contributed by atoms with Crippen molar-refractivity contribution in [3.8, 4) is 0 Å². The van der Waals surface area contributed by atoms with Gasteiger partial charge in [-0.2, -0.15) is 0 Å². The zero-order chi connectivity index (χ0) is 14.2. The lowest BCUT2D eigenvalue weighted by Gasteiger charge is -2.38. The minimum atomic E-state index is -0.159. The Labute approximate surface area is 123 Å². The molecule has 3 atom stereocenters. The van der Waals surface area contributed by atoms with Gasteiger partial charge in [-0.15, -0.1) is 0 Å². The molecule has 1 N–H and O–H groups in total. The highest BCUT2D eigenvalue weighted by Gasteiger charge is 2.42. The molecule has 0 bridgehead atoms. The second-order valence-electron chi connectivity index (χ2n) is 7.39. The standard InChI is InChI=1S/C19H28O/c1-14-7-10-17(20)13-16(14)9-8-15-5-3-11-19(2)12-4-6-18(15)19/h8-9,17-18,20H,1,3-7,10-13H2,2H3/b15-8+,16-9-/t17-,18+,19-/m1/s1. The molecule has 110 valence electrons. The van der Waals surface area contributed by atoms with Crippen LogP contribution in [0.5, 0.6) is 0 Å². The van der Waals surface area contributed by atoms with Gasteiger partial charge in [-0.05, 0) is 68.3 Å². The molecule has 3 saturated carbocycles. The highest BCUT2D eigenvalue weighted by Crippen LogP contribution is 2.54. The third kappa shape index (κ3) is 2.65. The Morgan fingerprint density at radius 2 is 1.95 bits per heavy atom. The van der Waals surface area contributed by atoms with Gasteiger partial charge < -0.3 is 5.11 Å². The van der Waals surface area contributed by atoms with Gasteiger partial charge >= 0.3 is 0 Å². The topological polar surface area (TPSA) is 20.2 Å². The van der Waals surface area contributed by atoms with Crippen LogP contribution in [-0.4, -0.2) is 11.2 Å². The van der Waals surface area contributed by atoms with Crippen molar-refractivity contribution in [3.63, 3.8) is 0 Å². The van der Waals surface area contributed by atoms with Crippen LogP contribution in [0.4, 0.5) is 0 Å². The fourth-order valence-electron chi connectivity index (χ4n) is 4.63. The van der Waals surface area contributed by atoms with E-state index >= 15 is 0 Å². The first-order valence-corrected chi connectivity index (χ1v) is 8.34. The second kappa shape index (κ2) is 5.52. The maximum atomic E-state index is 9.82. The average Bonchev–Trinajstić information content (AvgIpc) is 2.82. The van der Waals surface area contributed by atoms with Crippen LogP contribution in [0, 0.1) is 11.3 Å². The monoisotopic (exact) mass is 272 g/mol. The van der Waals surface area contributed by atoms with Crippen molar-refractivity contribution in [3.05, 3.63) is 35.5 Å². The summed E-state index contributed by atoms with van der Waals surface area (Å²) in [6.07, 6.45) is 15.4. The molecule has 3 aliphatic rings. The summed E-state index contributed by atoms with van der Waals surface area (Å²) < 4.78 is 0. The van der Waals surface area contributed by atoms with Crippen molar-refractivity contribution in [2.75, 3.05) is 0 Å². The third-order valence-electron chi connectivity index (χ3n) is 5.93. The Morgan fingerprint density at radius 3 is 2.80 bits per heavy atom. The molecule has 0 aliphatic heterocycles. The van der Waals surface area contributed by atoms with Gasteiger partial charge in [0.05, 0.1) is 6.10 Å². The summed E-state index contributed by atoms with van der Waals surface area (Å²) in [6, 6.07) is 0. The Morgan fingerprint density at radius 1 is 1.15 bits per heavy atom. The van der Waals surface area contributed by atoms with E-state index in [0.29, 0.717) is 5.41 Å². The van der Waals surface area contributed by atoms with Gasteiger partial charge in [-0.1, -0.05) is 43.2 Å². The van der Waals surface area contributed by atoms with Gasteiger partial charge in [0.2, 0.25) is 0 Å². The number of aliphatic hydroxyl groups is 1. The van der Waals surface area contributed by atoms with Crippen LogP contribution < -0.4 is 0 Å². The summed E-state index contributed by atoms with van der Waals surface area (Å²) in [5.74, 6) is 0.815. The molecule has 1 nitrogen and oxygen atoms in total. The summed E-state index contributed by atoms with van der Waals surface area (Å²) in [5, 5.41) is 9.82. The summed E-state index contributed by atoms with van der Waals surface area (Å²) in [6.45, 7) is 6.66. The Bertz CT molecular complexity index is 456. The van der Waals surface area contributed by atoms with Gasteiger partial charge in [0.25, 0.3) is 0 Å². The maximum absolute atomic E-state index is 9.82. The number of allylic oxidation sites excluding steroid dienone is 4. The lowest BCUT2D eigenvalue weighted by molar-refractivity contribution is 0.158.